The van der Waals surface area contributed by atoms with E-state index < -0.39 is 5.91 Å². The minimum Gasteiger partial charge on any atom is -0.397 e. The van der Waals surface area contributed by atoms with Crippen molar-refractivity contribution in [2.75, 3.05) is 31.3 Å². The highest BCUT2D eigenvalue weighted by atomic mass is 16.1. The summed E-state index contributed by atoms with van der Waals surface area (Å²) in [6.07, 6.45) is 1.72. The van der Waals surface area contributed by atoms with Gasteiger partial charge in [-0.2, -0.15) is 0 Å². The Morgan fingerprint density at radius 3 is 2.72 bits per heavy atom. The number of nitrogens with two attached hydrogens (primary N) is 2. The highest BCUT2D eigenvalue weighted by Crippen LogP contribution is 2.16. The standard InChI is InChI=1S/C11H17N5O2/c1-14-10(17)3-4-16(2)9-5-7(11(13)18)8(12)6-15-9/h5-6H,3-4,12H2,1-2H3,(H2,13,18)(H,14,17). The second-order valence-corrected chi connectivity index (χ2v) is 3.84. The summed E-state index contributed by atoms with van der Waals surface area (Å²) in [5.74, 6) is -0.120. The smallest absolute Gasteiger partial charge is 0.250 e. The van der Waals surface area contributed by atoms with Crippen LogP contribution in [-0.4, -0.2) is 37.4 Å². The maximum absolute atomic E-state index is 11.1. The van der Waals surface area contributed by atoms with Gasteiger partial charge >= 0.3 is 0 Å². The second kappa shape index (κ2) is 5.85. The molecule has 1 heterocycles. The van der Waals surface area contributed by atoms with Gasteiger partial charge in [0.05, 0.1) is 17.4 Å². The van der Waals surface area contributed by atoms with Crippen molar-refractivity contribution in [1.82, 2.24) is 10.3 Å². The number of aromatic nitrogens is 1. The van der Waals surface area contributed by atoms with Gasteiger partial charge in [0.2, 0.25) is 5.91 Å². The van der Waals surface area contributed by atoms with Crippen LogP contribution in [0.2, 0.25) is 0 Å². The van der Waals surface area contributed by atoms with Gasteiger partial charge in [0.1, 0.15) is 5.82 Å². The van der Waals surface area contributed by atoms with Gasteiger partial charge < -0.3 is 21.7 Å². The molecule has 98 valence electrons. The first-order chi connectivity index (χ1) is 8.45. The van der Waals surface area contributed by atoms with Gasteiger partial charge in [-0.05, 0) is 6.07 Å². The minimum absolute atomic E-state index is 0.0626. The Balaban J connectivity index is 2.80. The molecule has 0 atom stereocenters. The largest absolute Gasteiger partial charge is 0.397 e. The summed E-state index contributed by atoms with van der Waals surface area (Å²) in [5, 5.41) is 2.53. The quantitative estimate of drug-likeness (QED) is 0.642. The lowest BCUT2D eigenvalue weighted by Gasteiger charge is -2.18. The molecule has 2 amide bonds. The van der Waals surface area contributed by atoms with Gasteiger partial charge in [-0.15, -0.1) is 0 Å². The topological polar surface area (TPSA) is 114 Å². The van der Waals surface area contributed by atoms with Crippen molar-refractivity contribution in [2.45, 2.75) is 6.42 Å². The van der Waals surface area contributed by atoms with Gasteiger partial charge in [0.15, 0.2) is 0 Å². The van der Waals surface area contributed by atoms with Gasteiger partial charge in [-0.25, -0.2) is 4.98 Å². The van der Waals surface area contributed by atoms with E-state index in [1.807, 2.05) is 0 Å². The first-order valence-corrected chi connectivity index (χ1v) is 5.42. The van der Waals surface area contributed by atoms with Crippen LogP contribution in [0.4, 0.5) is 11.5 Å². The number of hydrogen-bond donors (Lipinski definition) is 3. The number of nitrogens with one attached hydrogen (secondary N) is 1. The maximum atomic E-state index is 11.1. The van der Waals surface area contributed by atoms with Crippen molar-refractivity contribution in [1.29, 1.82) is 0 Å². The molecule has 0 bridgehead atoms. The number of hydrogen-bond acceptors (Lipinski definition) is 5. The highest BCUT2D eigenvalue weighted by Gasteiger charge is 2.11. The van der Waals surface area contributed by atoms with Crippen molar-refractivity contribution in [2.24, 2.45) is 5.73 Å². The summed E-state index contributed by atoms with van der Waals surface area (Å²) in [4.78, 5) is 28.1. The number of pyridine rings is 1. The van der Waals surface area contributed by atoms with Crippen molar-refractivity contribution in [3.63, 3.8) is 0 Å². The molecule has 18 heavy (non-hydrogen) atoms. The molecule has 7 heteroatoms. The van der Waals surface area contributed by atoms with Crippen molar-refractivity contribution < 1.29 is 9.59 Å². The van der Waals surface area contributed by atoms with Crippen molar-refractivity contribution in [3.8, 4) is 0 Å². The van der Waals surface area contributed by atoms with Gasteiger partial charge in [0.25, 0.3) is 5.91 Å². The van der Waals surface area contributed by atoms with E-state index in [0.29, 0.717) is 18.8 Å². The van der Waals surface area contributed by atoms with Crippen LogP contribution in [0.25, 0.3) is 0 Å². The summed E-state index contributed by atoms with van der Waals surface area (Å²) >= 11 is 0. The Bertz CT molecular complexity index is 461. The summed E-state index contributed by atoms with van der Waals surface area (Å²) in [7, 11) is 3.35. The lowest BCUT2D eigenvalue weighted by atomic mass is 10.2. The molecule has 0 spiro atoms. The van der Waals surface area contributed by atoms with Crippen molar-refractivity contribution in [3.05, 3.63) is 17.8 Å². The molecule has 0 radical (unpaired) electrons. The summed E-state index contributed by atoms with van der Waals surface area (Å²) in [6, 6.07) is 1.52. The predicted molar refractivity (Wildman–Crippen MR) is 69.1 cm³/mol. The number of primary amides is 1. The zero-order valence-electron chi connectivity index (χ0n) is 10.4. The first-order valence-electron chi connectivity index (χ1n) is 5.42. The molecule has 0 fully saturated rings. The number of amides is 2. The fraction of sp³-hybridized carbons (Fsp3) is 0.364. The molecule has 1 rings (SSSR count). The molecule has 0 aromatic carbocycles. The monoisotopic (exact) mass is 251 g/mol. The van der Waals surface area contributed by atoms with E-state index in [1.54, 1.807) is 19.0 Å². The molecule has 0 aliphatic rings. The third-order valence-corrected chi connectivity index (χ3v) is 2.53. The molecule has 0 saturated heterocycles. The molecule has 1 aromatic heterocycles. The van der Waals surface area contributed by atoms with Crippen molar-refractivity contribution >= 4 is 23.3 Å². The number of nitrogens with zero attached hydrogens (tertiary/aromatic N) is 2. The van der Waals surface area contributed by atoms with E-state index >= 15 is 0 Å². The summed E-state index contributed by atoms with van der Waals surface area (Å²) < 4.78 is 0. The van der Waals surface area contributed by atoms with Gasteiger partial charge in [-0.1, -0.05) is 0 Å². The maximum Gasteiger partial charge on any atom is 0.250 e. The molecule has 7 nitrogen and oxygen atoms in total. The average Bonchev–Trinajstić information content (AvgIpc) is 2.35. The number of anilines is 2. The van der Waals surface area contributed by atoms with E-state index in [9.17, 15) is 9.59 Å². The highest BCUT2D eigenvalue weighted by molar-refractivity contribution is 5.98. The Morgan fingerprint density at radius 1 is 1.50 bits per heavy atom. The Morgan fingerprint density at radius 2 is 2.17 bits per heavy atom. The van der Waals surface area contributed by atoms with Crippen LogP contribution in [-0.2, 0) is 4.79 Å². The Kier molecular flexibility index (Phi) is 4.47. The van der Waals surface area contributed by atoms with Gasteiger partial charge in [0, 0.05) is 27.1 Å². The van der Waals surface area contributed by atoms with Gasteiger partial charge in [-0.3, -0.25) is 9.59 Å². The summed E-state index contributed by atoms with van der Waals surface area (Å²) in [5.41, 5.74) is 11.3. The summed E-state index contributed by atoms with van der Waals surface area (Å²) in [6.45, 7) is 0.481. The number of carbonyl (C=O) groups excluding carboxylic acids is 2. The van der Waals surface area contributed by atoms with E-state index in [4.69, 9.17) is 11.5 Å². The average molecular weight is 251 g/mol. The van der Waals surface area contributed by atoms with E-state index in [-0.39, 0.29) is 17.2 Å². The van der Waals surface area contributed by atoms with E-state index in [1.165, 1.54) is 12.3 Å². The lowest BCUT2D eigenvalue weighted by molar-refractivity contribution is -0.120. The third kappa shape index (κ3) is 3.34. The molecule has 0 aliphatic carbocycles. The van der Waals surface area contributed by atoms with Crippen LogP contribution in [0.5, 0.6) is 0 Å². The van der Waals surface area contributed by atoms with Crippen LogP contribution in [0, 0.1) is 0 Å². The van der Waals surface area contributed by atoms with Crippen LogP contribution in [0.15, 0.2) is 12.3 Å². The molecule has 0 aliphatic heterocycles. The van der Waals surface area contributed by atoms with E-state index in [0.717, 1.165) is 0 Å². The normalized spacial score (nSPS) is 9.89. The lowest BCUT2D eigenvalue weighted by Crippen LogP contribution is -2.27. The Labute approximate surface area is 105 Å². The second-order valence-electron chi connectivity index (χ2n) is 3.84. The predicted octanol–water partition coefficient (Wildman–Crippen LogP) is -0.665. The van der Waals surface area contributed by atoms with Crippen LogP contribution < -0.4 is 21.7 Å². The molecule has 1 aromatic rings. The fourth-order valence-corrected chi connectivity index (χ4v) is 1.39. The molecular formula is C11H17N5O2. The van der Waals surface area contributed by atoms with E-state index in [2.05, 4.69) is 10.3 Å². The molecule has 0 saturated carbocycles. The number of rotatable bonds is 5. The minimum atomic E-state index is -0.601. The van der Waals surface area contributed by atoms with Crippen LogP contribution >= 0.6 is 0 Å². The first kappa shape index (κ1) is 13.8. The fourth-order valence-electron chi connectivity index (χ4n) is 1.39. The van der Waals surface area contributed by atoms with Crippen LogP contribution in [0.1, 0.15) is 16.8 Å². The SMILES string of the molecule is CNC(=O)CCN(C)c1cc(C(N)=O)c(N)cn1. The zero-order chi connectivity index (χ0) is 13.7. The molecule has 0 unspecified atom stereocenters. The van der Waals surface area contributed by atoms with Crippen LogP contribution in [0.3, 0.4) is 0 Å². The third-order valence-electron chi connectivity index (χ3n) is 2.53. The Hall–Kier alpha value is -2.31. The number of carbonyl (C=O) groups is 2. The zero-order valence-corrected chi connectivity index (χ0v) is 10.4. The molecule has 5 N–H and O–H groups in total. The molecular weight excluding hydrogens is 234 g/mol. The number of nitrogen functional groups attached to an aromatic ring is 1.